The van der Waals surface area contributed by atoms with Gasteiger partial charge >= 0.3 is 0 Å². The van der Waals surface area contributed by atoms with Crippen molar-refractivity contribution in [1.29, 1.82) is 0 Å². The van der Waals surface area contributed by atoms with E-state index in [2.05, 4.69) is 0 Å². The predicted molar refractivity (Wildman–Crippen MR) is 39.8 cm³/mol. The van der Waals surface area contributed by atoms with Gasteiger partial charge in [-0.15, -0.1) is 0 Å². The lowest BCUT2D eigenvalue weighted by Gasteiger charge is -2.11. The molecule has 0 amide bonds. The fraction of sp³-hybridized carbons (Fsp3) is 0.375. The van der Waals surface area contributed by atoms with E-state index in [4.69, 9.17) is 9.47 Å². The number of carbonyl (C=O) groups is 1. The van der Waals surface area contributed by atoms with Crippen molar-refractivity contribution < 1.29 is 14.3 Å². The number of hydrogen-bond acceptors (Lipinski definition) is 3. The number of methoxy groups -OCH3 is 2. The van der Waals surface area contributed by atoms with Gasteiger partial charge in [-0.3, -0.25) is 4.79 Å². The van der Waals surface area contributed by atoms with Crippen molar-refractivity contribution in [3.05, 3.63) is 23.7 Å². The van der Waals surface area contributed by atoms with E-state index >= 15 is 0 Å². The number of rotatable bonds is 2. The van der Waals surface area contributed by atoms with Crippen LogP contribution in [-0.4, -0.2) is 20.0 Å². The van der Waals surface area contributed by atoms with Gasteiger partial charge in [-0.1, -0.05) is 0 Å². The highest BCUT2D eigenvalue weighted by molar-refractivity contribution is 6.00. The van der Waals surface area contributed by atoms with Gasteiger partial charge in [0.2, 0.25) is 0 Å². The standard InChI is InChI=1S/C8H10O3/c1-10-7-3-6(9)4-8(5-7)11-2/h3-4H,5H2,1-2H3. The molecule has 1 rings (SSSR count). The van der Waals surface area contributed by atoms with Gasteiger partial charge in [-0.05, 0) is 0 Å². The molecule has 0 heterocycles. The molecule has 0 bridgehead atoms. The second-order valence-corrected chi connectivity index (χ2v) is 2.21. The highest BCUT2D eigenvalue weighted by Gasteiger charge is 2.11. The van der Waals surface area contributed by atoms with Crippen molar-refractivity contribution in [1.82, 2.24) is 0 Å². The SMILES string of the molecule is COC1=CC(=O)C=C(OC)C1. The van der Waals surface area contributed by atoms with Crippen molar-refractivity contribution in [2.75, 3.05) is 14.2 Å². The molecule has 60 valence electrons. The molecule has 1 aliphatic rings. The van der Waals surface area contributed by atoms with E-state index in [1.807, 2.05) is 0 Å². The summed E-state index contributed by atoms with van der Waals surface area (Å²) < 4.78 is 9.83. The minimum absolute atomic E-state index is 0.0787. The molecule has 1 aliphatic carbocycles. The summed E-state index contributed by atoms with van der Waals surface area (Å²) in [6, 6.07) is 0. The van der Waals surface area contributed by atoms with Gasteiger partial charge in [-0.2, -0.15) is 0 Å². The zero-order valence-electron chi connectivity index (χ0n) is 6.59. The molecule has 0 saturated heterocycles. The molecular formula is C8H10O3. The number of carbonyl (C=O) groups excluding carboxylic acids is 1. The third-order valence-corrected chi connectivity index (χ3v) is 1.48. The van der Waals surface area contributed by atoms with Crippen molar-refractivity contribution in [3.63, 3.8) is 0 Å². The van der Waals surface area contributed by atoms with Gasteiger partial charge in [0.05, 0.1) is 20.6 Å². The van der Waals surface area contributed by atoms with E-state index in [0.29, 0.717) is 17.9 Å². The average molecular weight is 154 g/mol. The van der Waals surface area contributed by atoms with E-state index in [-0.39, 0.29) is 5.78 Å². The Balaban J connectivity index is 2.72. The molecule has 0 unspecified atom stereocenters. The Hall–Kier alpha value is -1.25. The molecule has 0 N–H and O–H groups in total. The normalized spacial score (nSPS) is 17.1. The summed E-state index contributed by atoms with van der Waals surface area (Å²) in [4.78, 5) is 10.9. The minimum Gasteiger partial charge on any atom is -0.500 e. The second-order valence-electron chi connectivity index (χ2n) is 2.21. The molecule has 0 aromatic heterocycles. The van der Waals surface area contributed by atoms with Crippen LogP contribution in [0.2, 0.25) is 0 Å². The maximum absolute atomic E-state index is 10.9. The van der Waals surface area contributed by atoms with Gasteiger partial charge in [0.25, 0.3) is 0 Å². The zero-order valence-corrected chi connectivity index (χ0v) is 6.59. The lowest BCUT2D eigenvalue weighted by atomic mass is 10.1. The van der Waals surface area contributed by atoms with Crippen molar-refractivity contribution in [2.24, 2.45) is 0 Å². The quantitative estimate of drug-likeness (QED) is 0.595. The topological polar surface area (TPSA) is 35.5 Å². The van der Waals surface area contributed by atoms with Crippen LogP contribution in [-0.2, 0) is 14.3 Å². The van der Waals surface area contributed by atoms with Gasteiger partial charge in [0.15, 0.2) is 5.78 Å². The molecule has 0 aromatic carbocycles. The Morgan fingerprint density at radius 2 is 1.64 bits per heavy atom. The van der Waals surface area contributed by atoms with E-state index < -0.39 is 0 Å². The Kier molecular flexibility index (Phi) is 2.31. The van der Waals surface area contributed by atoms with E-state index in [1.165, 1.54) is 26.4 Å². The average Bonchev–Trinajstić information content (AvgIpc) is 2.03. The molecule has 0 spiro atoms. The van der Waals surface area contributed by atoms with Gasteiger partial charge < -0.3 is 9.47 Å². The van der Waals surface area contributed by atoms with Crippen LogP contribution in [0.3, 0.4) is 0 Å². The van der Waals surface area contributed by atoms with E-state index in [0.717, 1.165) is 0 Å². The van der Waals surface area contributed by atoms with Crippen molar-refractivity contribution >= 4 is 5.78 Å². The Bertz CT molecular complexity index is 203. The van der Waals surface area contributed by atoms with Crippen LogP contribution >= 0.6 is 0 Å². The summed E-state index contributed by atoms with van der Waals surface area (Å²) in [6.45, 7) is 0. The first-order valence-corrected chi connectivity index (χ1v) is 3.29. The van der Waals surface area contributed by atoms with Gasteiger partial charge in [0.1, 0.15) is 11.5 Å². The zero-order chi connectivity index (χ0) is 8.27. The molecule has 0 aromatic rings. The van der Waals surface area contributed by atoms with Gasteiger partial charge in [0, 0.05) is 12.2 Å². The summed E-state index contributed by atoms with van der Waals surface area (Å²) in [6.07, 6.45) is 3.49. The molecule has 0 aliphatic heterocycles. The molecule has 0 fully saturated rings. The third kappa shape index (κ3) is 1.83. The molecular weight excluding hydrogens is 144 g/mol. The highest BCUT2D eigenvalue weighted by Crippen LogP contribution is 2.16. The summed E-state index contributed by atoms with van der Waals surface area (Å²) in [5.41, 5.74) is 0. The number of hydrogen-bond donors (Lipinski definition) is 0. The largest absolute Gasteiger partial charge is 0.500 e. The van der Waals surface area contributed by atoms with E-state index in [1.54, 1.807) is 0 Å². The first kappa shape index (κ1) is 7.85. The third-order valence-electron chi connectivity index (χ3n) is 1.48. The lowest BCUT2D eigenvalue weighted by molar-refractivity contribution is -0.111. The summed E-state index contributed by atoms with van der Waals surface area (Å²) in [5, 5.41) is 0. The molecule has 3 heteroatoms. The van der Waals surface area contributed by atoms with Crippen LogP contribution in [0.5, 0.6) is 0 Å². The Labute approximate surface area is 65.3 Å². The van der Waals surface area contributed by atoms with Crippen LogP contribution in [0.1, 0.15) is 6.42 Å². The van der Waals surface area contributed by atoms with Crippen LogP contribution in [0.25, 0.3) is 0 Å². The second kappa shape index (κ2) is 3.23. The maximum atomic E-state index is 10.9. The Morgan fingerprint density at radius 3 is 2.00 bits per heavy atom. The summed E-state index contributed by atoms with van der Waals surface area (Å²) >= 11 is 0. The maximum Gasteiger partial charge on any atom is 0.185 e. The monoisotopic (exact) mass is 154 g/mol. The molecule has 0 atom stereocenters. The fourth-order valence-electron chi connectivity index (χ4n) is 0.895. The number of allylic oxidation sites excluding steroid dienone is 2. The fourth-order valence-corrected chi connectivity index (χ4v) is 0.895. The summed E-state index contributed by atoms with van der Waals surface area (Å²) in [5.74, 6) is 1.22. The van der Waals surface area contributed by atoms with Crippen molar-refractivity contribution in [3.8, 4) is 0 Å². The lowest BCUT2D eigenvalue weighted by Crippen LogP contribution is -2.04. The van der Waals surface area contributed by atoms with Crippen LogP contribution in [0.15, 0.2) is 23.7 Å². The van der Waals surface area contributed by atoms with Gasteiger partial charge in [-0.25, -0.2) is 0 Å². The van der Waals surface area contributed by atoms with Crippen LogP contribution in [0.4, 0.5) is 0 Å². The summed E-state index contributed by atoms with van der Waals surface area (Å²) in [7, 11) is 3.08. The Morgan fingerprint density at radius 1 is 1.18 bits per heavy atom. The minimum atomic E-state index is -0.0787. The van der Waals surface area contributed by atoms with E-state index in [9.17, 15) is 4.79 Å². The van der Waals surface area contributed by atoms with Crippen molar-refractivity contribution in [2.45, 2.75) is 6.42 Å². The smallest absolute Gasteiger partial charge is 0.185 e. The molecule has 11 heavy (non-hydrogen) atoms. The first-order valence-electron chi connectivity index (χ1n) is 3.29. The van der Waals surface area contributed by atoms with Crippen LogP contribution < -0.4 is 0 Å². The molecule has 0 radical (unpaired) electrons. The predicted octanol–water partition coefficient (Wildman–Crippen LogP) is 1.02. The molecule has 3 nitrogen and oxygen atoms in total. The van der Waals surface area contributed by atoms with Crippen LogP contribution in [0, 0.1) is 0 Å². The number of ether oxygens (including phenoxy) is 2. The molecule has 0 saturated carbocycles. The highest BCUT2D eigenvalue weighted by atomic mass is 16.5. The number of ketones is 1. The first-order chi connectivity index (χ1) is 5.26.